The van der Waals surface area contributed by atoms with Gasteiger partial charge < -0.3 is 15.2 Å². The van der Waals surface area contributed by atoms with Crippen molar-refractivity contribution in [3.8, 4) is 5.75 Å². The quantitative estimate of drug-likeness (QED) is 0.871. The van der Waals surface area contributed by atoms with Crippen molar-refractivity contribution < 1.29 is 9.84 Å². The molecule has 0 radical (unpaired) electrons. The second-order valence-corrected chi connectivity index (χ2v) is 5.70. The molecule has 2 atom stereocenters. The average molecular weight is 261 g/mol. The number of nitrogens with one attached hydrogen (secondary N) is 1. The van der Waals surface area contributed by atoms with Gasteiger partial charge in [0.05, 0.1) is 12.7 Å². The predicted molar refractivity (Wildman–Crippen MR) is 75.6 cm³/mol. The molecule has 1 fully saturated rings. The number of aliphatic hydroxyl groups is 1. The third-order valence-electron chi connectivity index (χ3n) is 4.30. The third-order valence-corrected chi connectivity index (χ3v) is 4.30. The van der Waals surface area contributed by atoms with E-state index in [1.807, 2.05) is 0 Å². The summed E-state index contributed by atoms with van der Waals surface area (Å²) in [4.78, 5) is 0. The van der Waals surface area contributed by atoms with Gasteiger partial charge in [0, 0.05) is 12.5 Å². The summed E-state index contributed by atoms with van der Waals surface area (Å²) in [6, 6.07) is 6.81. The molecular weight excluding hydrogens is 238 g/mol. The molecule has 0 bridgehead atoms. The molecule has 1 aromatic carbocycles. The molecule has 3 nitrogen and oxygen atoms in total. The maximum atomic E-state index is 9.91. The molecule has 0 saturated heterocycles. The van der Waals surface area contributed by atoms with Crippen LogP contribution in [-0.2, 0) is 12.8 Å². The summed E-state index contributed by atoms with van der Waals surface area (Å²) in [5, 5.41) is 13.4. The van der Waals surface area contributed by atoms with E-state index >= 15 is 0 Å². The van der Waals surface area contributed by atoms with Gasteiger partial charge in [0.15, 0.2) is 0 Å². The summed E-state index contributed by atoms with van der Waals surface area (Å²) in [6.07, 6.45) is 6.39. The highest BCUT2D eigenvalue weighted by atomic mass is 16.5. The van der Waals surface area contributed by atoms with E-state index in [1.54, 1.807) is 0 Å². The monoisotopic (exact) mass is 261 g/mol. The van der Waals surface area contributed by atoms with Gasteiger partial charge in [0.2, 0.25) is 0 Å². The first-order valence-electron chi connectivity index (χ1n) is 7.49. The van der Waals surface area contributed by atoms with Crippen molar-refractivity contribution in [2.45, 2.75) is 50.7 Å². The van der Waals surface area contributed by atoms with Crippen molar-refractivity contribution in [1.82, 2.24) is 5.32 Å². The van der Waals surface area contributed by atoms with Gasteiger partial charge >= 0.3 is 0 Å². The van der Waals surface area contributed by atoms with E-state index in [0.29, 0.717) is 6.04 Å². The van der Waals surface area contributed by atoms with E-state index in [-0.39, 0.29) is 6.10 Å². The molecule has 0 amide bonds. The van der Waals surface area contributed by atoms with Crippen molar-refractivity contribution in [3.63, 3.8) is 0 Å². The highest BCUT2D eigenvalue weighted by molar-refractivity contribution is 5.39. The van der Waals surface area contributed by atoms with Crippen molar-refractivity contribution >= 4 is 0 Å². The predicted octanol–water partition coefficient (Wildman–Crippen LogP) is 2.06. The summed E-state index contributed by atoms with van der Waals surface area (Å²) in [6.45, 7) is 1.77. The molecule has 1 heterocycles. The van der Waals surface area contributed by atoms with Crippen LogP contribution in [0.5, 0.6) is 5.75 Å². The molecule has 0 spiro atoms. The van der Waals surface area contributed by atoms with Gasteiger partial charge in [-0.25, -0.2) is 0 Å². The molecule has 2 unspecified atom stereocenters. The van der Waals surface area contributed by atoms with Crippen LogP contribution < -0.4 is 10.1 Å². The van der Waals surface area contributed by atoms with E-state index in [0.717, 1.165) is 44.6 Å². The van der Waals surface area contributed by atoms with Crippen LogP contribution in [0.15, 0.2) is 18.2 Å². The largest absolute Gasteiger partial charge is 0.493 e. The van der Waals surface area contributed by atoms with Gasteiger partial charge in [-0.15, -0.1) is 0 Å². The van der Waals surface area contributed by atoms with Crippen LogP contribution in [0.2, 0.25) is 0 Å². The Morgan fingerprint density at radius 2 is 2.16 bits per heavy atom. The van der Waals surface area contributed by atoms with Crippen LogP contribution in [0.25, 0.3) is 0 Å². The average Bonchev–Trinajstić information content (AvgIpc) is 2.88. The zero-order chi connectivity index (χ0) is 13.1. The minimum Gasteiger partial charge on any atom is -0.493 e. The fourth-order valence-electron chi connectivity index (χ4n) is 3.15. The second-order valence-electron chi connectivity index (χ2n) is 5.70. The molecule has 3 rings (SSSR count). The Labute approximate surface area is 115 Å². The van der Waals surface area contributed by atoms with Crippen molar-refractivity contribution in [1.29, 1.82) is 0 Å². The minimum absolute atomic E-state index is 0.151. The van der Waals surface area contributed by atoms with Gasteiger partial charge in [-0.3, -0.25) is 0 Å². The number of aliphatic hydroxyl groups excluding tert-OH is 1. The number of fused-ring (bicyclic) bond motifs is 1. The Morgan fingerprint density at radius 1 is 1.26 bits per heavy atom. The maximum absolute atomic E-state index is 9.91. The molecule has 2 N–H and O–H groups in total. The topological polar surface area (TPSA) is 41.5 Å². The SMILES string of the molecule is OC1CCCCC1NCCc1ccc2c(c1)CCO2. The molecule has 1 aliphatic carbocycles. The van der Waals surface area contributed by atoms with Gasteiger partial charge in [0.25, 0.3) is 0 Å². The van der Waals surface area contributed by atoms with Crippen LogP contribution in [0.4, 0.5) is 0 Å². The molecule has 1 aliphatic heterocycles. The Kier molecular flexibility index (Phi) is 4.04. The summed E-state index contributed by atoms with van der Waals surface area (Å²) < 4.78 is 5.52. The zero-order valence-electron chi connectivity index (χ0n) is 11.4. The lowest BCUT2D eigenvalue weighted by molar-refractivity contribution is 0.0914. The number of hydrogen-bond acceptors (Lipinski definition) is 3. The molecule has 2 aliphatic rings. The normalized spacial score (nSPS) is 25.9. The van der Waals surface area contributed by atoms with Crippen molar-refractivity contribution in [2.24, 2.45) is 0 Å². The Morgan fingerprint density at radius 3 is 3.05 bits per heavy atom. The van der Waals surface area contributed by atoms with Crippen molar-refractivity contribution in [3.05, 3.63) is 29.3 Å². The Bertz CT molecular complexity index is 433. The Balaban J connectivity index is 1.49. The molecule has 0 aromatic heterocycles. The van der Waals surface area contributed by atoms with Gasteiger partial charge in [-0.1, -0.05) is 25.0 Å². The lowest BCUT2D eigenvalue weighted by Gasteiger charge is -2.28. The summed E-state index contributed by atoms with van der Waals surface area (Å²) in [5.74, 6) is 1.06. The van der Waals surface area contributed by atoms with E-state index in [1.165, 1.54) is 24.0 Å². The van der Waals surface area contributed by atoms with Gasteiger partial charge in [-0.05, 0) is 43.0 Å². The summed E-state index contributed by atoms with van der Waals surface area (Å²) in [5.41, 5.74) is 2.71. The van der Waals surface area contributed by atoms with Gasteiger partial charge in [0.1, 0.15) is 5.75 Å². The molecule has 19 heavy (non-hydrogen) atoms. The standard InChI is InChI=1S/C16H23NO2/c18-15-4-2-1-3-14(15)17-9-7-12-5-6-16-13(11-12)8-10-19-16/h5-6,11,14-15,17-18H,1-4,7-10H2. The number of hydrogen-bond donors (Lipinski definition) is 2. The number of benzene rings is 1. The lowest BCUT2D eigenvalue weighted by Crippen LogP contribution is -2.42. The van der Waals surface area contributed by atoms with Crippen LogP contribution >= 0.6 is 0 Å². The minimum atomic E-state index is -0.151. The van der Waals surface area contributed by atoms with E-state index in [4.69, 9.17) is 4.74 Å². The Hall–Kier alpha value is -1.06. The molecular formula is C16H23NO2. The third kappa shape index (κ3) is 3.10. The highest BCUT2D eigenvalue weighted by Crippen LogP contribution is 2.26. The first-order valence-corrected chi connectivity index (χ1v) is 7.49. The highest BCUT2D eigenvalue weighted by Gasteiger charge is 2.22. The number of ether oxygens (including phenoxy) is 1. The maximum Gasteiger partial charge on any atom is 0.122 e. The first kappa shape index (κ1) is 12.9. The molecule has 1 saturated carbocycles. The van der Waals surface area contributed by atoms with Crippen LogP contribution in [0.3, 0.4) is 0 Å². The van der Waals surface area contributed by atoms with E-state index < -0.39 is 0 Å². The van der Waals surface area contributed by atoms with Crippen LogP contribution in [0, 0.1) is 0 Å². The first-order chi connectivity index (χ1) is 9.33. The smallest absolute Gasteiger partial charge is 0.122 e. The number of rotatable bonds is 4. The lowest BCUT2D eigenvalue weighted by atomic mass is 9.92. The fraction of sp³-hybridized carbons (Fsp3) is 0.625. The van der Waals surface area contributed by atoms with Gasteiger partial charge in [-0.2, -0.15) is 0 Å². The van der Waals surface area contributed by atoms with E-state index in [2.05, 4.69) is 23.5 Å². The summed E-state index contributed by atoms with van der Waals surface area (Å²) >= 11 is 0. The molecule has 3 heteroatoms. The molecule has 104 valence electrons. The van der Waals surface area contributed by atoms with Crippen LogP contribution in [0.1, 0.15) is 36.8 Å². The zero-order valence-corrected chi connectivity index (χ0v) is 11.4. The van der Waals surface area contributed by atoms with E-state index in [9.17, 15) is 5.11 Å². The molecule has 1 aromatic rings. The van der Waals surface area contributed by atoms with Crippen molar-refractivity contribution in [2.75, 3.05) is 13.2 Å². The fourth-order valence-corrected chi connectivity index (χ4v) is 3.15. The second kappa shape index (κ2) is 5.93. The van der Waals surface area contributed by atoms with Crippen LogP contribution in [-0.4, -0.2) is 30.4 Å². The summed E-state index contributed by atoms with van der Waals surface area (Å²) in [7, 11) is 0.